The lowest BCUT2D eigenvalue weighted by molar-refractivity contribution is -0.00828. The fraction of sp³-hybridized carbons (Fsp3) is 0.545. The van der Waals surface area contributed by atoms with E-state index < -0.39 is 6.10 Å². The summed E-state index contributed by atoms with van der Waals surface area (Å²) in [4.78, 5) is 2.41. The van der Waals surface area contributed by atoms with Gasteiger partial charge in [-0.15, -0.1) is 11.3 Å². The smallest absolute Gasteiger partial charge is 0.0761 e. The summed E-state index contributed by atoms with van der Waals surface area (Å²) in [7, 11) is 0. The molecule has 5 nitrogen and oxygen atoms in total. The van der Waals surface area contributed by atoms with Crippen molar-refractivity contribution in [1.29, 1.82) is 0 Å². The maximum Gasteiger partial charge on any atom is 0.0761 e. The number of piperazine rings is 1. The first-order valence-corrected chi connectivity index (χ1v) is 12.0. The highest BCUT2D eigenvalue weighted by Gasteiger charge is 2.19. The van der Waals surface area contributed by atoms with E-state index in [0.29, 0.717) is 12.1 Å². The van der Waals surface area contributed by atoms with Crippen molar-refractivity contribution in [2.45, 2.75) is 43.2 Å². The molecule has 29 heavy (non-hydrogen) atoms. The second kappa shape index (κ2) is 11.3. The number of rotatable bonds is 6. The van der Waals surface area contributed by atoms with Crippen molar-refractivity contribution in [3.8, 4) is 0 Å². The zero-order valence-electron chi connectivity index (χ0n) is 17.6. The summed E-state index contributed by atoms with van der Waals surface area (Å²) in [5, 5.41) is 15.0. The van der Waals surface area contributed by atoms with Crippen LogP contribution >= 0.6 is 23.3 Å². The molecule has 4 rings (SSSR count). The average Bonchev–Trinajstić information content (AvgIpc) is 3.19. The molecule has 0 aliphatic carbocycles. The molecule has 2 N–H and O–H groups in total. The Morgan fingerprint density at radius 1 is 1.07 bits per heavy atom. The van der Waals surface area contributed by atoms with E-state index in [4.69, 9.17) is 4.74 Å². The van der Waals surface area contributed by atoms with Crippen LogP contribution in [0.3, 0.4) is 0 Å². The Morgan fingerprint density at radius 3 is 2.21 bits per heavy atom. The fourth-order valence-electron chi connectivity index (χ4n) is 3.25. The summed E-state index contributed by atoms with van der Waals surface area (Å²) >= 11 is 3.67. The molecule has 0 spiro atoms. The number of thiophene rings is 1. The quantitative estimate of drug-likeness (QED) is 0.669. The van der Waals surface area contributed by atoms with E-state index in [2.05, 4.69) is 58.0 Å². The molecule has 1 atom stereocenters. The Balaban J connectivity index is 0.000000252. The number of benzene rings is 1. The Kier molecular flexibility index (Phi) is 8.84. The van der Waals surface area contributed by atoms with Gasteiger partial charge in [0.1, 0.15) is 0 Å². The number of hydrogen-bond acceptors (Lipinski definition) is 7. The van der Waals surface area contributed by atoms with E-state index in [-0.39, 0.29) is 0 Å². The number of anilines is 1. The van der Waals surface area contributed by atoms with Gasteiger partial charge < -0.3 is 20.1 Å². The zero-order valence-corrected chi connectivity index (χ0v) is 19.2. The van der Waals surface area contributed by atoms with Crippen LogP contribution in [0.1, 0.15) is 32.4 Å². The second-order valence-corrected chi connectivity index (χ2v) is 10.1. The Hall–Kier alpha value is -1.09. The molecule has 1 aromatic carbocycles. The third-order valence-corrected chi connectivity index (χ3v) is 7.01. The van der Waals surface area contributed by atoms with Crippen molar-refractivity contribution in [2.75, 3.05) is 44.3 Å². The lowest BCUT2D eigenvalue weighted by Crippen LogP contribution is -2.48. The first kappa shape index (κ1) is 22.6. The van der Waals surface area contributed by atoms with E-state index in [1.54, 1.807) is 18.3 Å². The van der Waals surface area contributed by atoms with Crippen LogP contribution in [0, 0.1) is 0 Å². The van der Waals surface area contributed by atoms with Crippen molar-refractivity contribution in [3.63, 3.8) is 0 Å². The van der Waals surface area contributed by atoms with Crippen LogP contribution in [0.5, 0.6) is 0 Å². The molecular weight excluding hydrogens is 402 g/mol. The Morgan fingerprint density at radius 2 is 1.76 bits per heavy atom. The van der Waals surface area contributed by atoms with Gasteiger partial charge in [0.05, 0.1) is 29.6 Å². The van der Waals surface area contributed by atoms with E-state index in [0.717, 1.165) is 45.0 Å². The normalized spacial score (nSPS) is 18.9. The lowest BCUT2D eigenvalue weighted by atomic mass is 10.1. The van der Waals surface area contributed by atoms with E-state index in [1.807, 2.05) is 24.1 Å². The molecule has 0 amide bonds. The summed E-state index contributed by atoms with van der Waals surface area (Å²) < 4.78 is 8.78. The molecule has 160 valence electrons. The SMILES string of the molecule is CC(C)NC1COC1.CC(O)c1ccc(N2CCN(Sc3cccs3)CC2)cc1. The highest BCUT2D eigenvalue weighted by Crippen LogP contribution is 2.29. The molecule has 2 aromatic rings. The Labute approximate surface area is 183 Å². The molecule has 2 saturated heterocycles. The number of ether oxygens (including phenoxy) is 1. The topological polar surface area (TPSA) is 48.0 Å². The van der Waals surface area contributed by atoms with Crippen LogP contribution in [-0.4, -0.2) is 60.9 Å². The van der Waals surface area contributed by atoms with Crippen molar-refractivity contribution in [3.05, 3.63) is 47.3 Å². The Bertz CT molecular complexity index is 695. The fourth-order valence-corrected chi connectivity index (χ4v) is 5.09. The summed E-state index contributed by atoms with van der Waals surface area (Å²) in [6.07, 6.45) is -0.391. The highest BCUT2D eigenvalue weighted by molar-refractivity contribution is 7.98. The average molecular weight is 436 g/mol. The minimum Gasteiger partial charge on any atom is -0.389 e. The van der Waals surface area contributed by atoms with Crippen LogP contribution in [0.2, 0.25) is 0 Å². The predicted octanol–water partition coefficient (Wildman–Crippen LogP) is 4.01. The minimum absolute atomic E-state index is 0.391. The van der Waals surface area contributed by atoms with Gasteiger partial charge >= 0.3 is 0 Å². The van der Waals surface area contributed by atoms with Crippen LogP contribution in [-0.2, 0) is 4.74 Å². The first-order chi connectivity index (χ1) is 14.0. The molecule has 0 bridgehead atoms. The second-order valence-electron chi connectivity index (χ2n) is 7.76. The van der Waals surface area contributed by atoms with Crippen molar-refractivity contribution >= 4 is 29.0 Å². The van der Waals surface area contributed by atoms with E-state index in [9.17, 15) is 5.11 Å². The molecule has 1 unspecified atom stereocenters. The van der Waals surface area contributed by atoms with Gasteiger partial charge in [-0.05, 0) is 48.0 Å². The zero-order chi connectivity index (χ0) is 20.6. The maximum absolute atomic E-state index is 9.56. The van der Waals surface area contributed by atoms with Crippen LogP contribution in [0.15, 0.2) is 46.0 Å². The molecular formula is C22H33N3O2S2. The van der Waals surface area contributed by atoms with Crippen molar-refractivity contribution in [1.82, 2.24) is 9.62 Å². The van der Waals surface area contributed by atoms with Gasteiger partial charge in [-0.3, -0.25) is 0 Å². The van der Waals surface area contributed by atoms with Gasteiger partial charge in [-0.25, -0.2) is 4.31 Å². The molecule has 3 heterocycles. The lowest BCUT2D eigenvalue weighted by Gasteiger charge is -2.35. The maximum atomic E-state index is 9.56. The molecule has 2 fully saturated rings. The minimum atomic E-state index is -0.391. The van der Waals surface area contributed by atoms with Crippen LogP contribution in [0.4, 0.5) is 5.69 Å². The van der Waals surface area contributed by atoms with Crippen molar-refractivity contribution in [2.24, 2.45) is 0 Å². The van der Waals surface area contributed by atoms with Gasteiger partial charge in [0.15, 0.2) is 0 Å². The summed E-state index contributed by atoms with van der Waals surface area (Å²) in [5.41, 5.74) is 2.23. The monoisotopic (exact) mass is 435 g/mol. The summed E-state index contributed by atoms with van der Waals surface area (Å²) in [6.45, 7) is 12.1. The number of aliphatic hydroxyl groups excluding tert-OH is 1. The van der Waals surface area contributed by atoms with E-state index in [1.165, 1.54) is 9.90 Å². The summed E-state index contributed by atoms with van der Waals surface area (Å²) in [5.74, 6) is 0. The van der Waals surface area contributed by atoms with Gasteiger partial charge in [0.2, 0.25) is 0 Å². The van der Waals surface area contributed by atoms with Crippen molar-refractivity contribution < 1.29 is 9.84 Å². The largest absolute Gasteiger partial charge is 0.389 e. The standard InChI is InChI=1S/C16H20N2OS2.C6H13NO/c1-13(19)14-4-6-15(7-5-14)17-8-10-18(11-9-17)21-16-3-2-12-20-16;1-5(2)7-6-3-8-4-6/h2-7,12-13,19H,8-11H2,1H3;5-7H,3-4H2,1-2H3. The first-order valence-electron chi connectivity index (χ1n) is 10.3. The predicted molar refractivity (Wildman–Crippen MR) is 124 cm³/mol. The third kappa shape index (κ3) is 7.27. The number of nitrogens with one attached hydrogen (secondary N) is 1. The van der Waals surface area contributed by atoms with Gasteiger partial charge in [-0.1, -0.05) is 32.0 Å². The van der Waals surface area contributed by atoms with Gasteiger partial charge in [0.25, 0.3) is 0 Å². The molecule has 0 saturated carbocycles. The molecule has 0 radical (unpaired) electrons. The number of hydrogen-bond donors (Lipinski definition) is 2. The molecule has 1 aromatic heterocycles. The van der Waals surface area contributed by atoms with Gasteiger partial charge in [-0.2, -0.15) is 0 Å². The summed E-state index contributed by atoms with van der Waals surface area (Å²) in [6, 6.07) is 13.8. The number of aliphatic hydroxyl groups is 1. The molecule has 2 aliphatic heterocycles. The molecule has 7 heteroatoms. The van der Waals surface area contributed by atoms with Crippen LogP contribution in [0.25, 0.3) is 0 Å². The highest BCUT2D eigenvalue weighted by atomic mass is 32.2. The third-order valence-electron chi connectivity index (χ3n) is 4.90. The number of nitrogens with zero attached hydrogens (tertiary/aromatic N) is 2. The molecule has 2 aliphatic rings. The van der Waals surface area contributed by atoms with Crippen LogP contribution < -0.4 is 10.2 Å². The van der Waals surface area contributed by atoms with Gasteiger partial charge in [0, 0.05) is 37.9 Å². The van der Waals surface area contributed by atoms with E-state index >= 15 is 0 Å².